The standard InChI is InChI=1S/C5H2F3NO3/c6-5(7,8)4-9-2(1-12-4)3(10)11/h1H,(H,10,11). The molecule has 1 aromatic rings. The molecule has 0 spiro atoms. The van der Waals surface area contributed by atoms with Gasteiger partial charge in [0.1, 0.15) is 6.26 Å². The third-order valence-corrected chi connectivity index (χ3v) is 0.966. The van der Waals surface area contributed by atoms with E-state index in [0.29, 0.717) is 6.26 Å². The average Bonchev–Trinajstić information content (AvgIpc) is 2.30. The number of carbonyl (C=O) groups is 1. The van der Waals surface area contributed by atoms with Gasteiger partial charge in [0.05, 0.1) is 0 Å². The second-order valence-electron chi connectivity index (χ2n) is 1.84. The summed E-state index contributed by atoms with van der Waals surface area (Å²) in [6.45, 7) is 0. The average molecular weight is 181 g/mol. The number of alkyl halides is 3. The molecule has 0 aliphatic carbocycles. The molecule has 4 nitrogen and oxygen atoms in total. The van der Waals surface area contributed by atoms with E-state index in [1.807, 2.05) is 0 Å². The molecule has 0 saturated carbocycles. The molecule has 0 unspecified atom stereocenters. The molecule has 66 valence electrons. The summed E-state index contributed by atoms with van der Waals surface area (Å²) in [5, 5.41) is 8.17. The van der Waals surface area contributed by atoms with Crippen molar-refractivity contribution < 1.29 is 27.5 Å². The zero-order chi connectivity index (χ0) is 9.35. The third-order valence-electron chi connectivity index (χ3n) is 0.966. The first-order valence-electron chi connectivity index (χ1n) is 2.67. The Kier molecular flexibility index (Phi) is 1.79. The molecule has 0 saturated heterocycles. The Morgan fingerprint density at radius 2 is 2.17 bits per heavy atom. The summed E-state index contributed by atoms with van der Waals surface area (Å²) in [6.07, 6.45) is -4.31. The van der Waals surface area contributed by atoms with Crippen molar-refractivity contribution in [3.63, 3.8) is 0 Å². The van der Waals surface area contributed by atoms with Crippen LogP contribution in [-0.2, 0) is 6.18 Å². The highest BCUT2D eigenvalue weighted by atomic mass is 19.4. The molecule has 0 bridgehead atoms. The van der Waals surface area contributed by atoms with Crippen LogP contribution in [0.1, 0.15) is 16.4 Å². The van der Waals surface area contributed by atoms with Crippen LogP contribution in [-0.4, -0.2) is 16.1 Å². The van der Waals surface area contributed by atoms with Crippen LogP contribution in [0.15, 0.2) is 10.7 Å². The molecule has 1 N–H and O–H groups in total. The molecular weight excluding hydrogens is 179 g/mol. The van der Waals surface area contributed by atoms with Gasteiger partial charge in [-0.15, -0.1) is 0 Å². The quantitative estimate of drug-likeness (QED) is 0.710. The van der Waals surface area contributed by atoms with Crippen molar-refractivity contribution in [3.05, 3.63) is 17.8 Å². The maximum Gasteiger partial charge on any atom is 0.468 e. The van der Waals surface area contributed by atoms with Crippen LogP contribution >= 0.6 is 0 Å². The monoisotopic (exact) mass is 181 g/mol. The molecule has 1 aromatic heterocycles. The normalized spacial score (nSPS) is 11.6. The van der Waals surface area contributed by atoms with Crippen molar-refractivity contribution in [3.8, 4) is 0 Å². The zero-order valence-electron chi connectivity index (χ0n) is 5.42. The van der Waals surface area contributed by atoms with E-state index < -0.39 is 23.7 Å². The van der Waals surface area contributed by atoms with Gasteiger partial charge in [0.15, 0.2) is 5.69 Å². The summed E-state index contributed by atoms with van der Waals surface area (Å²) in [5.41, 5.74) is -0.762. The Balaban J connectivity index is 3.00. The van der Waals surface area contributed by atoms with Gasteiger partial charge in [-0.1, -0.05) is 0 Å². The van der Waals surface area contributed by atoms with E-state index >= 15 is 0 Å². The summed E-state index contributed by atoms with van der Waals surface area (Å²) in [6, 6.07) is 0. The van der Waals surface area contributed by atoms with Crippen molar-refractivity contribution in [2.24, 2.45) is 0 Å². The fourth-order valence-electron chi connectivity index (χ4n) is 0.502. The Morgan fingerprint density at radius 3 is 2.42 bits per heavy atom. The van der Waals surface area contributed by atoms with Crippen molar-refractivity contribution >= 4 is 5.97 Å². The minimum atomic E-state index is -4.74. The van der Waals surface area contributed by atoms with Crippen LogP contribution < -0.4 is 0 Å². The summed E-state index contributed by atoms with van der Waals surface area (Å²) in [5.74, 6) is -3.12. The van der Waals surface area contributed by atoms with Gasteiger partial charge < -0.3 is 9.52 Å². The summed E-state index contributed by atoms with van der Waals surface area (Å²) >= 11 is 0. The largest absolute Gasteiger partial charge is 0.476 e. The molecule has 0 radical (unpaired) electrons. The van der Waals surface area contributed by atoms with Crippen LogP contribution in [0, 0.1) is 0 Å². The minimum absolute atomic E-state index is 0.436. The fourth-order valence-corrected chi connectivity index (χ4v) is 0.502. The molecular formula is C5H2F3NO3. The van der Waals surface area contributed by atoms with Gasteiger partial charge in [0, 0.05) is 0 Å². The van der Waals surface area contributed by atoms with E-state index in [0.717, 1.165) is 0 Å². The maximum atomic E-state index is 11.7. The predicted molar refractivity (Wildman–Crippen MR) is 28.5 cm³/mol. The van der Waals surface area contributed by atoms with Gasteiger partial charge in [-0.05, 0) is 0 Å². The SMILES string of the molecule is O=C(O)c1coc(C(F)(F)F)n1. The molecule has 0 atom stereocenters. The highest BCUT2D eigenvalue weighted by molar-refractivity contribution is 5.84. The molecule has 12 heavy (non-hydrogen) atoms. The number of nitrogens with zero attached hydrogens (tertiary/aromatic N) is 1. The number of aromatic carboxylic acids is 1. The van der Waals surface area contributed by atoms with Crippen LogP contribution in [0.4, 0.5) is 13.2 Å². The molecule has 0 fully saturated rings. The third kappa shape index (κ3) is 1.55. The topological polar surface area (TPSA) is 63.3 Å². The van der Waals surface area contributed by atoms with Gasteiger partial charge in [0.2, 0.25) is 0 Å². The highest BCUT2D eigenvalue weighted by Gasteiger charge is 2.37. The molecule has 0 amide bonds. The summed E-state index contributed by atoms with van der Waals surface area (Å²) in [4.78, 5) is 12.7. The lowest BCUT2D eigenvalue weighted by Crippen LogP contribution is -2.06. The van der Waals surface area contributed by atoms with Gasteiger partial charge in [0.25, 0.3) is 0 Å². The lowest BCUT2D eigenvalue weighted by atomic mass is 10.5. The van der Waals surface area contributed by atoms with Crippen LogP contribution in [0.5, 0.6) is 0 Å². The first kappa shape index (κ1) is 8.57. The molecule has 7 heteroatoms. The number of hydrogen-bond donors (Lipinski definition) is 1. The smallest absolute Gasteiger partial charge is 0.468 e. The second kappa shape index (κ2) is 2.50. The van der Waals surface area contributed by atoms with Crippen LogP contribution in [0.25, 0.3) is 0 Å². The van der Waals surface area contributed by atoms with Crippen LogP contribution in [0.3, 0.4) is 0 Å². The van der Waals surface area contributed by atoms with Gasteiger partial charge in [-0.2, -0.15) is 18.2 Å². The van der Waals surface area contributed by atoms with E-state index in [-0.39, 0.29) is 0 Å². The zero-order valence-corrected chi connectivity index (χ0v) is 5.42. The minimum Gasteiger partial charge on any atom is -0.476 e. The Hall–Kier alpha value is -1.53. The van der Waals surface area contributed by atoms with E-state index in [9.17, 15) is 18.0 Å². The first-order valence-corrected chi connectivity index (χ1v) is 2.67. The van der Waals surface area contributed by atoms with E-state index in [1.165, 1.54) is 0 Å². The van der Waals surface area contributed by atoms with Crippen molar-refractivity contribution in [1.29, 1.82) is 0 Å². The number of carboxylic acid groups (broad SMARTS) is 1. The molecule has 0 aliphatic heterocycles. The van der Waals surface area contributed by atoms with Gasteiger partial charge in [-0.3, -0.25) is 0 Å². The van der Waals surface area contributed by atoms with Gasteiger partial charge in [-0.25, -0.2) is 4.79 Å². The summed E-state index contributed by atoms with van der Waals surface area (Å²) < 4.78 is 39.0. The molecule has 0 aliphatic rings. The lowest BCUT2D eigenvalue weighted by Gasteiger charge is -1.96. The summed E-state index contributed by atoms with van der Waals surface area (Å²) in [7, 11) is 0. The maximum absolute atomic E-state index is 11.7. The van der Waals surface area contributed by atoms with E-state index in [2.05, 4.69) is 9.40 Å². The second-order valence-corrected chi connectivity index (χ2v) is 1.84. The highest BCUT2D eigenvalue weighted by Crippen LogP contribution is 2.27. The van der Waals surface area contributed by atoms with E-state index in [4.69, 9.17) is 5.11 Å². The number of rotatable bonds is 1. The fraction of sp³-hybridized carbons (Fsp3) is 0.200. The lowest BCUT2D eigenvalue weighted by molar-refractivity contribution is -0.157. The Morgan fingerprint density at radius 1 is 1.58 bits per heavy atom. The van der Waals surface area contributed by atoms with Crippen molar-refractivity contribution in [2.75, 3.05) is 0 Å². The van der Waals surface area contributed by atoms with Gasteiger partial charge >= 0.3 is 18.0 Å². The molecule has 1 rings (SSSR count). The van der Waals surface area contributed by atoms with Crippen molar-refractivity contribution in [1.82, 2.24) is 4.98 Å². The Labute approximate surface area is 63.6 Å². The molecule has 0 aromatic carbocycles. The number of halogens is 3. The van der Waals surface area contributed by atoms with Crippen molar-refractivity contribution in [2.45, 2.75) is 6.18 Å². The predicted octanol–water partition coefficient (Wildman–Crippen LogP) is 1.39. The van der Waals surface area contributed by atoms with E-state index in [1.54, 1.807) is 0 Å². The number of oxazole rings is 1. The molecule has 1 heterocycles. The van der Waals surface area contributed by atoms with Crippen LogP contribution in [0.2, 0.25) is 0 Å². The number of hydrogen-bond acceptors (Lipinski definition) is 3. The number of carboxylic acids is 1. The number of aromatic nitrogens is 1. The Bertz CT molecular complexity index is 303. The first-order chi connectivity index (χ1) is 5.41.